The van der Waals surface area contributed by atoms with Crippen LogP contribution in [0, 0.1) is 12.7 Å². The summed E-state index contributed by atoms with van der Waals surface area (Å²) in [4.78, 5) is 19.2. The zero-order valence-electron chi connectivity index (χ0n) is 13.9. The topological polar surface area (TPSA) is 32.7 Å². The number of carbonyl (C=O) groups excluding carboxylic acids is 1. The Morgan fingerprint density at radius 2 is 1.84 bits per heavy atom. The number of hydrogen-bond donors (Lipinski definition) is 0. The Morgan fingerprint density at radius 1 is 1.16 bits per heavy atom. The molecular formula is C19H20BrFN2OS. The highest BCUT2D eigenvalue weighted by atomic mass is 79.9. The molecule has 0 N–H and O–H groups in total. The fourth-order valence-electron chi connectivity index (χ4n) is 2.48. The number of benzene rings is 2. The Labute approximate surface area is 162 Å². The molecule has 0 bridgehead atoms. The first-order valence-electron chi connectivity index (χ1n) is 7.94. The maximum Gasteiger partial charge on any atom is 0.182 e. The minimum absolute atomic E-state index is 0. The minimum Gasteiger partial charge on any atom is -0.313 e. The molecule has 0 radical (unpaired) electrons. The fourth-order valence-corrected chi connectivity index (χ4v) is 3.44. The number of ketones is 1. The van der Waals surface area contributed by atoms with Gasteiger partial charge in [0.15, 0.2) is 11.0 Å². The van der Waals surface area contributed by atoms with Crippen molar-refractivity contribution in [2.45, 2.75) is 13.3 Å². The standard InChI is InChI=1S/C19H19FN2OS.BrH/c1-14-3-9-17(10-4-14)22(19-21-11-2-12-24-19)13-18(23)15-5-7-16(20)8-6-15;/h3-10H,2,11-13H2,1H3;1H. The van der Waals surface area contributed by atoms with Gasteiger partial charge >= 0.3 is 0 Å². The van der Waals surface area contributed by atoms with E-state index >= 15 is 0 Å². The lowest BCUT2D eigenvalue weighted by molar-refractivity contribution is 0.100. The van der Waals surface area contributed by atoms with E-state index in [1.165, 1.54) is 29.8 Å². The van der Waals surface area contributed by atoms with Gasteiger partial charge in [-0.1, -0.05) is 29.5 Å². The van der Waals surface area contributed by atoms with Crippen LogP contribution < -0.4 is 4.90 Å². The van der Waals surface area contributed by atoms with Crippen molar-refractivity contribution in [3.63, 3.8) is 0 Å². The first-order valence-corrected chi connectivity index (χ1v) is 8.92. The first-order chi connectivity index (χ1) is 11.6. The molecular weight excluding hydrogens is 403 g/mol. The Hall–Kier alpha value is -1.66. The van der Waals surface area contributed by atoms with E-state index in [1.54, 1.807) is 11.8 Å². The summed E-state index contributed by atoms with van der Waals surface area (Å²) in [7, 11) is 0. The largest absolute Gasteiger partial charge is 0.313 e. The molecule has 0 spiro atoms. The third-order valence-corrected chi connectivity index (χ3v) is 4.93. The molecule has 0 aliphatic carbocycles. The van der Waals surface area contributed by atoms with Crippen LogP contribution in [0.2, 0.25) is 0 Å². The van der Waals surface area contributed by atoms with E-state index in [2.05, 4.69) is 4.99 Å². The number of Topliss-reactive ketones (excluding diaryl/α,β-unsaturated/α-hetero) is 1. The van der Waals surface area contributed by atoms with Gasteiger partial charge in [0, 0.05) is 23.5 Å². The highest BCUT2D eigenvalue weighted by Crippen LogP contribution is 2.23. The summed E-state index contributed by atoms with van der Waals surface area (Å²) in [6.07, 6.45) is 1.06. The van der Waals surface area contributed by atoms with Crippen molar-refractivity contribution in [2.24, 2.45) is 4.99 Å². The monoisotopic (exact) mass is 422 g/mol. The summed E-state index contributed by atoms with van der Waals surface area (Å²) in [6.45, 7) is 3.01. The first kappa shape index (κ1) is 19.7. The highest BCUT2D eigenvalue weighted by molar-refractivity contribution is 8.93. The third-order valence-electron chi connectivity index (χ3n) is 3.83. The second-order valence-electron chi connectivity index (χ2n) is 5.72. The normalized spacial score (nSPS) is 13.6. The predicted octanol–water partition coefficient (Wildman–Crippen LogP) is 4.89. The van der Waals surface area contributed by atoms with E-state index < -0.39 is 0 Å². The second-order valence-corrected chi connectivity index (χ2v) is 6.78. The van der Waals surface area contributed by atoms with Gasteiger partial charge in [0.1, 0.15) is 5.82 Å². The van der Waals surface area contributed by atoms with Crippen molar-refractivity contribution in [3.8, 4) is 0 Å². The number of thioether (sulfide) groups is 1. The Bertz CT molecular complexity index is 747. The number of anilines is 1. The van der Waals surface area contributed by atoms with Gasteiger partial charge in [-0.25, -0.2) is 4.39 Å². The maximum absolute atomic E-state index is 13.1. The lowest BCUT2D eigenvalue weighted by atomic mass is 10.1. The van der Waals surface area contributed by atoms with E-state index in [0.717, 1.165) is 29.6 Å². The molecule has 0 fully saturated rings. The van der Waals surface area contributed by atoms with Gasteiger partial charge in [-0.05, 0) is 49.7 Å². The highest BCUT2D eigenvalue weighted by Gasteiger charge is 2.20. The van der Waals surface area contributed by atoms with Crippen LogP contribution in [0.4, 0.5) is 10.1 Å². The molecule has 1 aliphatic rings. The van der Waals surface area contributed by atoms with E-state index in [0.29, 0.717) is 5.56 Å². The van der Waals surface area contributed by atoms with Crippen molar-refractivity contribution < 1.29 is 9.18 Å². The number of rotatable bonds is 4. The number of hydrogen-bond acceptors (Lipinski definition) is 4. The van der Waals surface area contributed by atoms with Gasteiger partial charge in [0.05, 0.1) is 6.54 Å². The quantitative estimate of drug-likeness (QED) is 0.657. The number of amidine groups is 1. The van der Waals surface area contributed by atoms with Gasteiger partial charge in [0.25, 0.3) is 0 Å². The Balaban J connectivity index is 0.00000225. The smallest absolute Gasteiger partial charge is 0.182 e. The molecule has 0 atom stereocenters. The number of carbonyl (C=O) groups is 1. The zero-order valence-corrected chi connectivity index (χ0v) is 16.5. The molecule has 3 rings (SSSR count). The van der Waals surface area contributed by atoms with Crippen LogP contribution in [0.1, 0.15) is 22.3 Å². The number of nitrogens with zero attached hydrogens (tertiary/aromatic N) is 2. The van der Waals surface area contributed by atoms with Gasteiger partial charge < -0.3 is 4.90 Å². The van der Waals surface area contributed by atoms with Crippen LogP contribution in [0.15, 0.2) is 53.5 Å². The van der Waals surface area contributed by atoms with Crippen LogP contribution >= 0.6 is 28.7 Å². The Kier molecular flexibility index (Phi) is 7.20. The molecule has 0 unspecified atom stereocenters. The van der Waals surface area contributed by atoms with E-state index in [1.807, 2.05) is 36.1 Å². The molecule has 1 heterocycles. The summed E-state index contributed by atoms with van der Waals surface area (Å²) < 4.78 is 13.1. The van der Waals surface area contributed by atoms with Crippen molar-refractivity contribution >= 4 is 45.4 Å². The average Bonchev–Trinajstić information content (AvgIpc) is 2.62. The molecule has 0 aromatic heterocycles. The summed E-state index contributed by atoms with van der Waals surface area (Å²) in [6, 6.07) is 13.8. The molecule has 0 amide bonds. The predicted molar refractivity (Wildman–Crippen MR) is 109 cm³/mol. The SMILES string of the molecule is Br.Cc1ccc(N(CC(=O)c2ccc(F)cc2)C2=NCCCS2)cc1. The van der Waals surface area contributed by atoms with Crippen molar-refractivity contribution in [1.82, 2.24) is 0 Å². The van der Waals surface area contributed by atoms with E-state index in [9.17, 15) is 9.18 Å². The van der Waals surface area contributed by atoms with Gasteiger partial charge in [-0.15, -0.1) is 17.0 Å². The van der Waals surface area contributed by atoms with Crippen LogP contribution in [0.3, 0.4) is 0 Å². The Morgan fingerprint density at radius 3 is 2.44 bits per heavy atom. The fraction of sp³-hybridized carbons (Fsp3) is 0.263. The zero-order chi connectivity index (χ0) is 16.9. The van der Waals surface area contributed by atoms with E-state index in [-0.39, 0.29) is 35.1 Å². The molecule has 2 aromatic rings. The minimum atomic E-state index is -0.339. The summed E-state index contributed by atoms with van der Waals surface area (Å²) >= 11 is 1.67. The number of aryl methyl sites for hydroxylation is 1. The summed E-state index contributed by atoms with van der Waals surface area (Å²) in [5, 5.41) is 0.876. The molecule has 1 aliphatic heterocycles. The van der Waals surface area contributed by atoms with Gasteiger partial charge in [-0.3, -0.25) is 9.79 Å². The van der Waals surface area contributed by atoms with Crippen LogP contribution in [-0.2, 0) is 0 Å². The number of halogens is 2. The van der Waals surface area contributed by atoms with E-state index in [4.69, 9.17) is 0 Å². The van der Waals surface area contributed by atoms with Gasteiger partial charge in [0.2, 0.25) is 0 Å². The summed E-state index contributed by atoms with van der Waals surface area (Å²) in [5.74, 6) is 0.616. The van der Waals surface area contributed by atoms with Crippen molar-refractivity contribution in [2.75, 3.05) is 23.7 Å². The molecule has 132 valence electrons. The summed E-state index contributed by atoms with van der Waals surface area (Å²) in [5.41, 5.74) is 2.63. The molecule has 6 heteroatoms. The number of aliphatic imine (C=N–C) groups is 1. The molecule has 2 aromatic carbocycles. The van der Waals surface area contributed by atoms with Crippen LogP contribution in [0.25, 0.3) is 0 Å². The lowest BCUT2D eigenvalue weighted by Crippen LogP contribution is -2.35. The van der Waals surface area contributed by atoms with Crippen molar-refractivity contribution in [1.29, 1.82) is 0 Å². The lowest BCUT2D eigenvalue weighted by Gasteiger charge is -2.27. The molecule has 3 nitrogen and oxygen atoms in total. The third kappa shape index (κ3) is 5.16. The molecule has 0 saturated carbocycles. The molecule has 25 heavy (non-hydrogen) atoms. The average molecular weight is 423 g/mol. The van der Waals surface area contributed by atoms with Crippen LogP contribution in [0.5, 0.6) is 0 Å². The molecule has 0 saturated heterocycles. The van der Waals surface area contributed by atoms with Gasteiger partial charge in [-0.2, -0.15) is 0 Å². The maximum atomic E-state index is 13.1. The van der Waals surface area contributed by atoms with Crippen LogP contribution in [-0.4, -0.2) is 29.8 Å². The van der Waals surface area contributed by atoms with Crippen molar-refractivity contribution in [3.05, 3.63) is 65.5 Å². The second kappa shape index (κ2) is 9.15.